The van der Waals surface area contributed by atoms with E-state index in [4.69, 9.17) is 11.6 Å². The highest BCUT2D eigenvalue weighted by Crippen LogP contribution is 2.60. The Bertz CT molecular complexity index is 589. The summed E-state index contributed by atoms with van der Waals surface area (Å²) in [4.78, 5) is 12.9. The maximum atomic E-state index is 12.9. The van der Waals surface area contributed by atoms with E-state index >= 15 is 0 Å². The molecule has 1 N–H and O–H groups in total. The van der Waals surface area contributed by atoms with Crippen LogP contribution in [0.25, 0.3) is 0 Å². The molecule has 4 aliphatic carbocycles. The summed E-state index contributed by atoms with van der Waals surface area (Å²) in [6.07, 6.45) is 8.36. The second-order valence-electron chi connectivity index (χ2n) is 8.26. The molecule has 124 valence electrons. The molecule has 0 heterocycles. The van der Waals surface area contributed by atoms with Crippen molar-refractivity contribution in [3.8, 4) is 0 Å². The molecule has 0 aromatic heterocycles. The Morgan fingerprint density at radius 2 is 1.78 bits per heavy atom. The summed E-state index contributed by atoms with van der Waals surface area (Å²) in [6.45, 7) is 2.72. The highest BCUT2D eigenvalue weighted by atomic mass is 35.5. The van der Waals surface area contributed by atoms with E-state index < -0.39 is 0 Å². The maximum Gasteiger partial charge on any atom is 0.140 e. The van der Waals surface area contributed by atoms with Crippen LogP contribution in [0.1, 0.15) is 50.5 Å². The fraction of sp³-hybridized carbons (Fsp3) is 0.650. The second kappa shape index (κ2) is 5.81. The van der Waals surface area contributed by atoms with Gasteiger partial charge in [-0.05, 0) is 80.9 Å². The first kappa shape index (κ1) is 15.5. The highest BCUT2D eigenvalue weighted by molar-refractivity contribution is 6.31. The van der Waals surface area contributed by atoms with Crippen LogP contribution in [0.15, 0.2) is 18.2 Å². The number of aryl methyl sites for hydroxylation is 1. The van der Waals surface area contributed by atoms with Gasteiger partial charge in [-0.1, -0.05) is 17.7 Å². The molecule has 23 heavy (non-hydrogen) atoms. The molecule has 0 unspecified atom stereocenters. The van der Waals surface area contributed by atoms with Gasteiger partial charge in [0.1, 0.15) is 5.78 Å². The fourth-order valence-electron chi connectivity index (χ4n) is 5.74. The number of nitrogens with one attached hydrogen (secondary N) is 1. The number of ketones is 1. The summed E-state index contributed by atoms with van der Waals surface area (Å²) in [5.41, 5.74) is 2.14. The van der Waals surface area contributed by atoms with Gasteiger partial charge in [-0.2, -0.15) is 0 Å². The first-order chi connectivity index (χ1) is 11.0. The number of carbonyl (C=O) groups excluding carboxylic acids is 1. The van der Waals surface area contributed by atoms with Crippen LogP contribution in [-0.4, -0.2) is 12.3 Å². The monoisotopic (exact) mass is 331 g/mol. The van der Waals surface area contributed by atoms with Crippen molar-refractivity contribution >= 4 is 23.1 Å². The van der Waals surface area contributed by atoms with Gasteiger partial charge in [-0.3, -0.25) is 4.79 Å². The summed E-state index contributed by atoms with van der Waals surface area (Å²) in [5, 5.41) is 4.15. The molecule has 4 fully saturated rings. The van der Waals surface area contributed by atoms with Gasteiger partial charge < -0.3 is 5.32 Å². The predicted molar refractivity (Wildman–Crippen MR) is 94.9 cm³/mol. The van der Waals surface area contributed by atoms with Crippen molar-refractivity contribution in [2.24, 2.45) is 23.2 Å². The number of Topliss-reactive ketones (excluding diaryl/α,β-unsaturated/α-hetero) is 1. The van der Waals surface area contributed by atoms with Gasteiger partial charge in [-0.15, -0.1) is 0 Å². The van der Waals surface area contributed by atoms with Crippen LogP contribution in [0.3, 0.4) is 0 Å². The van der Waals surface area contributed by atoms with Crippen LogP contribution in [0.4, 0.5) is 5.69 Å². The SMILES string of the molecule is Cc1ccc(NCCC(=O)C23CC4CC(CC(C4)C2)C3)cc1Cl. The number of benzene rings is 1. The van der Waals surface area contributed by atoms with Gasteiger partial charge in [0.2, 0.25) is 0 Å². The van der Waals surface area contributed by atoms with E-state index in [1.807, 2.05) is 25.1 Å². The Morgan fingerprint density at radius 3 is 2.35 bits per heavy atom. The van der Waals surface area contributed by atoms with Crippen molar-refractivity contribution < 1.29 is 4.79 Å². The fourth-order valence-corrected chi connectivity index (χ4v) is 5.92. The molecular weight excluding hydrogens is 306 g/mol. The summed E-state index contributed by atoms with van der Waals surface area (Å²) < 4.78 is 0. The molecule has 0 radical (unpaired) electrons. The molecule has 0 aliphatic heterocycles. The third-order valence-corrected chi connectivity index (χ3v) is 6.89. The Kier molecular flexibility index (Phi) is 3.91. The van der Waals surface area contributed by atoms with E-state index in [9.17, 15) is 4.79 Å². The topological polar surface area (TPSA) is 29.1 Å². The number of rotatable bonds is 5. The van der Waals surface area contributed by atoms with Crippen LogP contribution >= 0.6 is 11.6 Å². The number of hydrogen-bond acceptors (Lipinski definition) is 2. The first-order valence-electron chi connectivity index (χ1n) is 9.07. The molecule has 4 saturated carbocycles. The highest BCUT2D eigenvalue weighted by Gasteiger charge is 2.53. The van der Waals surface area contributed by atoms with Crippen molar-refractivity contribution in [1.82, 2.24) is 0 Å². The van der Waals surface area contributed by atoms with Crippen molar-refractivity contribution in [3.63, 3.8) is 0 Å². The van der Waals surface area contributed by atoms with Gasteiger partial charge in [0.25, 0.3) is 0 Å². The van der Waals surface area contributed by atoms with E-state index in [1.165, 1.54) is 38.5 Å². The Morgan fingerprint density at radius 1 is 1.17 bits per heavy atom. The molecule has 4 bridgehead atoms. The third kappa shape index (κ3) is 2.91. The molecule has 1 aromatic rings. The van der Waals surface area contributed by atoms with E-state index in [2.05, 4.69) is 5.32 Å². The van der Waals surface area contributed by atoms with Gasteiger partial charge in [0.15, 0.2) is 0 Å². The first-order valence-corrected chi connectivity index (χ1v) is 9.45. The number of carbonyl (C=O) groups is 1. The molecule has 3 heteroatoms. The molecule has 1 aromatic carbocycles. The van der Waals surface area contributed by atoms with Gasteiger partial charge in [0.05, 0.1) is 0 Å². The standard InChI is InChI=1S/C20H26ClNO/c1-13-2-3-17(9-18(13)21)22-5-4-19(23)20-10-14-6-15(11-20)8-16(7-14)12-20/h2-3,9,14-16,22H,4-8,10-12H2,1H3. The lowest BCUT2D eigenvalue weighted by Crippen LogP contribution is -2.50. The predicted octanol–water partition coefficient (Wildman–Crippen LogP) is 5.24. The lowest BCUT2D eigenvalue weighted by Gasteiger charge is -2.56. The van der Waals surface area contributed by atoms with Crippen molar-refractivity contribution in [2.75, 3.05) is 11.9 Å². The minimum atomic E-state index is 0.0430. The van der Waals surface area contributed by atoms with E-state index in [0.29, 0.717) is 12.2 Å². The maximum absolute atomic E-state index is 12.9. The lowest BCUT2D eigenvalue weighted by atomic mass is 9.48. The largest absolute Gasteiger partial charge is 0.385 e. The van der Waals surface area contributed by atoms with E-state index in [-0.39, 0.29) is 5.41 Å². The van der Waals surface area contributed by atoms with Crippen LogP contribution in [0.5, 0.6) is 0 Å². The Hall–Kier alpha value is -1.02. The second-order valence-corrected chi connectivity index (χ2v) is 8.67. The number of anilines is 1. The smallest absolute Gasteiger partial charge is 0.140 e. The Labute approximate surface area is 144 Å². The Balaban J connectivity index is 1.36. The molecular formula is C20H26ClNO. The normalized spacial score (nSPS) is 34.6. The zero-order valence-electron chi connectivity index (χ0n) is 13.9. The van der Waals surface area contributed by atoms with Gasteiger partial charge >= 0.3 is 0 Å². The quantitative estimate of drug-likeness (QED) is 0.799. The third-order valence-electron chi connectivity index (χ3n) is 6.48. The number of halogens is 1. The number of hydrogen-bond donors (Lipinski definition) is 1. The minimum Gasteiger partial charge on any atom is -0.385 e. The zero-order chi connectivity index (χ0) is 16.0. The average molecular weight is 332 g/mol. The minimum absolute atomic E-state index is 0.0430. The van der Waals surface area contributed by atoms with Crippen LogP contribution < -0.4 is 5.32 Å². The van der Waals surface area contributed by atoms with Gasteiger partial charge in [0, 0.05) is 29.1 Å². The molecule has 0 saturated heterocycles. The molecule has 0 amide bonds. The van der Waals surface area contributed by atoms with Crippen molar-refractivity contribution in [1.29, 1.82) is 0 Å². The molecule has 0 spiro atoms. The summed E-state index contributed by atoms with van der Waals surface area (Å²) in [5.74, 6) is 3.04. The van der Waals surface area contributed by atoms with Crippen molar-refractivity contribution in [2.45, 2.75) is 51.9 Å². The van der Waals surface area contributed by atoms with E-state index in [0.717, 1.165) is 40.6 Å². The van der Waals surface area contributed by atoms with Crippen LogP contribution in [0.2, 0.25) is 5.02 Å². The summed E-state index contributed by atoms with van der Waals surface area (Å²) in [6, 6.07) is 6.01. The summed E-state index contributed by atoms with van der Waals surface area (Å²) >= 11 is 6.16. The summed E-state index contributed by atoms with van der Waals surface area (Å²) in [7, 11) is 0. The molecule has 2 nitrogen and oxygen atoms in total. The van der Waals surface area contributed by atoms with Gasteiger partial charge in [-0.25, -0.2) is 0 Å². The zero-order valence-corrected chi connectivity index (χ0v) is 14.7. The van der Waals surface area contributed by atoms with Crippen molar-refractivity contribution in [3.05, 3.63) is 28.8 Å². The van der Waals surface area contributed by atoms with E-state index in [1.54, 1.807) is 0 Å². The average Bonchev–Trinajstić information content (AvgIpc) is 2.49. The van der Waals surface area contributed by atoms with Crippen LogP contribution in [0, 0.1) is 30.1 Å². The lowest BCUT2D eigenvalue weighted by molar-refractivity contribution is -0.143. The molecule has 4 aliphatic rings. The molecule has 0 atom stereocenters. The van der Waals surface area contributed by atoms with Crippen LogP contribution in [-0.2, 0) is 4.79 Å². The molecule has 5 rings (SSSR count).